The van der Waals surface area contributed by atoms with E-state index in [2.05, 4.69) is 21.2 Å². The number of nitrogens with zero attached hydrogens (tertiary/aromatic N) is 1. The summed E-state index contributed by atoms with van der Waals surface area (Å²) in [5.41, 5.74) is 1.68. The zero-order chi connectivity index (χ0) is 18.1. The van der Waals surface area contributed by atoms with Crippen molar-refractivity contribution in [2.24, 2.45) is 0 Å². The van der Waals surface area contributed by atoms with Crippen molar-refractivity contribution < 1.29 is 14.7 Å². The van der Waals surface area contributed by atoms with Gasteiger partial charge in [0.15, 0.2) is 5.11 Å². The second kappa shape index (κ2) is 6.78. The zero-order valence-corrected chi connectivity index (χ0v) is 15.5. The quantitative estimate of drug-likeness (QED) is 0.447. The summed E-state index contributed by atoms with van der Waals surface area (Å²) in [5.74, 6) is -1.15. The van der Waals surface area contributed by atoms with E-state index < -0.39 is 11.8 Å². The van der Waals surface area contributed by atoms with Gasteiger partial charge in [0, 0.05) is 10.0 Å². The van der Waals surface area contributed by atoms with Crippen molar-refractivity contribution in [3.8, 4) is 5.75 Å². The number of aryl methyl sites for hydroxylation is 1. The highest BCUT2D eigenvalue weighted by molar-refractivity contribution is 9.10. The number of carbonyl (C=O) groups is 2. The number of carbonyl (C=O) groups excluding carboxylic acids is 2. The highest BCUT2D eigenvalue weighted by Crippen LogP contribution is 2.28. The molecule has 2 N–H and O–H groups in total. The number of hydrogen-bond acceptors (Lipinski definition) is 4. The summed E-state index contributed by atoms with van der Waals surface area (Å²) in [6.07, 6.45) is 1.36. The van der Waals surface area contributed by atoms with Gasteiger partial charge in [-0.2, -0.15) is 0 Å². The fraction of sp³-hybridized carbons (Fsp3) is 0.0556. The van der Waals surface area contributed by atoms with Gasteiger partial charge in [-0.1, -0.05) is 34.1 Å². The van der Waals surface area contributed by atoms with Gasteiger partial charge >= 0.3 is 0 Å². The van der Waals surface area contributed by atoms with E-state index in [0.717, 1.165) is 10.0 Å². The molecule has 0 unspecified atom stereocenters. The monoisotopic (exact) mass is 416 g/mol. The lowest BCUT2D eigenvalue weighted by Crippen LogP contribution is -2.54. The van der Waals surface area contributed by atoms with E-state index in [9.17, 15) is 14.7 Å². The summed E-state index contributed by atoms with van der Waals surface area (Å²) in [6, 6.07) is 11.9. The highest BCUT2D eigenvalue weighted by Gasteiger charge is 2.35. The van der Waals surface area contributed by atoms with E-state index in [1.807, 2.05) is 13.0 Å². The number of aromatic hydroxyl groups is 1. The van der Waals surface area contributed by atoms with Crippen LogP contribution in [0.5, 0.6) is 5.75 Å². The van der Waals surface area contributed by atoms with Gasteiger partial charge in [-0.3, -0.25) is 19.8 Å². The molecule has 1 aliphatic rings. The van der Waals surface area contributed by atoms with Crippen LogP contribution in [0.4, 0.5) is 5.69 Å². The Morgan fingerprint density at radius 2 is 1.92 bits per heavy atom. The number of para-hydroxylation sites is 1. The van der Waals surface area contributed by atoms with Crippen molar-refractivity contribution >= 4 is 56.8 Å². The summed E-state index contributed by atoms with van der Waals surface area (Å²) < 4.78 is 0.873. The fourth-order valence-corrected chi connectivity index (χ4v) is 3.26. The van der Waals surface area contributed by atoms with Gasteiger partial charge in [-0.15, -0.1) is 0 Å². The molecule has 0 atom stereocenters. The molecule has 0 bridgehead atoms. The lowest BCUT2D eigenvalue weighted by Gasteiger charge is -2.30. The number of benzene rings is 2. The molecule has 1 heterocycles. The Hall–Kier alpha value is -2.51. The van der Waals surface area contributed by atoms with Gasteiger partial charge in [0.05, 0.1) is 5.69 Å². The first kappa shape index (κ1) is 17.3. The molecule has 1 saturated heterocycles. The van der Waals surface area contributed by atoms with Crippen LogP contribution < -0.4 is 10.2 Å². The maximum absolute atomic E-state index is 12.9. The molecule has 126 valence electrons. The molecule has 3 rings (SSSR count). The average molecular weight is 417 g/mol. The highest BCUT2D eigenvalue weighted by atomic mass is 79.9. The number of hydrogen-bond donors (Lipinski definition) is 2. The first-order chi connectivity index (χ1) is 11.9. The molecule has 2 aromatic carbocycles. The Bertz CT molecular complexity index is 940. The van der Waals surface area contributed by atoms with E-state index in [1.165, 1.54) is 17.0 Å². The maximum Gasteiger partial charge on any atom is 0.270 e. The zero-order valence-electron chi connectivity index (χ0n) is 13.1. The van der Waals surface area contributed by atoms with Crippen LogP contribution in [0.2, 0.25) is 0 Å². The third-order valence-electron chi connectivity index (χ3n) is 3.74. The predicted molar refractivity (Wildman–Crippen MR) is 103 cm³/mol. The Morgan fingerprint density at radius 3 is 2.60 bits per heavy atom. The van der Waals surface area contributed by atoms with Gasteiger partial charge in [-0.25, -0.2) is 0 Å². The lowest BCUT2D eigenvalue weighted by molar-refractivity contribution is -0.122. The third-order valence-corrected chi connectivity index (χ3v) is 4.52. The first-order valence-electron chi connectivity index (χ1n) is 7.34. The Kier molecular flexibility index (Phi) is 4.69. The second-order valence-corrected chi connectivity index (χ2v) is 6.75. The Balaban J connectivity index is 2.07. The van der Waals surface area contributed by atoms with E-state index in [4.69, 9.17) is 12.2 Å². The maximum atomic E-state index is 12.9. The van der Waals surface area contributed by atoms with E-state index >= 15 is 0 Å². The Labute approximate surface area is 158 Å². The number of nitrogens with one attached hydrogen (secondary N) is 1. The minimum absolute atomic E-state index is 0.0184. The van der Waals surface area contributed by atoms with Crippen LogP contribution in [-0.4, -0.2) is 22.0 Å². The summed E-state index contributed by atoms with van der Waals surface area (Å²) in [5, 5.41) is 12.4. The summed E-state index contributed by atoms with van der Waals surface area (Å²) in [4.78, 5) is 26.4. The van der Waals surface area contributed by atoms with Crippen LogP contribution in [-0.2, 0) is 9.59 Å². The van der Waals surface area contributed by atoms with Crippen molar-refractivity contribution in [3.63, 3.8) is 0 Å². The minimum Gasteiger partial charge on any atom is -0.507 e. The standard InChI is InChI=1S/C18H13BrN2O3S/c1-10-8-12(19)6-7-14(10)21-17(24)13(16(23)20-18(21)25)9-11-4-2-3-5-15(11)22/h2-9,22H,1H3,(H,20,23,25)/b13-9+. The summed E-state index contributed by atoms with van der Waals surface area (Å²) in [6.45, 7) is 1.85. The molecule has 25 heavy (non-hydrogen) atoms. The van der Waals surface area contributed by atoms with E-state index in [0.29, 0.717) is 11.3 Å². The third kappa shape index (κ3) is 3.33. The smallest absolute Gasteiger partial charge is 0.270 e. The normalized spacial score (nSPS) is 16.3. The number of rotatable bonds is 2. The van der Waals surface area contributed by atoms with E-state index in [1.54, 1.807) is 30.3 Å². The molecule has 1 fully saturated rings. The Morgan fingerprint density at radius 1 is 1.20 bits per heavy atom. The molecule has 1 aliphatic heterocycles. The number of phenols is 1. The molecule has 0 aromatic heterocycles. The molecule has 0 aliphatic carbocycles. The number of thiocarbonyl (C=S) groups is 1. The number of halogens is 1. The minimum atomic E-state index is -0.593. The van der Waals surface area contributed by atoms with E-state index in [-0.39, 0.29) is 16.4 Å². The van der Waals surface area contributed by atoms with Gasteiger partial charge in [0.2, 0.25) is 0 Å². The lowest BCUT2D eigenvalue weighted by atomic mass is 10.1. The molecule has 5 nitrogen and oxygen atoms in total. The fourth-order valence-electron chi connectivity index (χ4n) is 2.51. The van der Waals surface area contributed by atoms with Gasteiger partial charge < -0.3 is 5.11 Å². The predicted octanol–water partition coefficient (Wildman–Crippen LogP) is 3.29. The largest absolute Gasteiger partial charge is 0.507 e. The van der Waals surface area contributed by atoms with Crippen LogP contribution in [0.1, 0.15) is 11.1 Å². The van der Waals surface area contributed by atoms with Crippen LogP contribution in [0, 0.1) is 6.92 Å². The van der Waals surface area contributed by atoms with Crippen molar-refractivity contribution in [1.29, 1.82) is 0 Å². The van der Waals surface area contributed by atoms with Crippen molar-refractivity contribution in [2.45, 2.75) is 6.92 Å². The summed E-state index contributed by atoms with van der Waals surface area (Å²) >= 11 is 8.56. The van der Waals surface area contributed by atoms with Crippen LogP contribution in [0.25, 0.3) is 6.08 Å². The molecule has 0 spiro atoms. The molecule has 0 saturated carbocycles. The number of amides is 2. The van der Waals surface area contributed by atoms with Crippen molar-refractivity contribution in [3.05, 3.63) is 63.6 Å². The second-order valence-electron chi connectivity index (χ2n) is 5.45. The topological polar surface area (TPSA) is 69.6 Å². The van der Waals surface area contributed by atoms with Gasteiger partial charge in [-0.05, 0) is 55.0 Å². The molecule has 2 amide bonds. The summed E-state index contributed by atoms with van der Waals surface area (Å²) in [7, 11) is 0. The average Bonchev–Trinajstić information content (AvgIpc) is 2.55. The molecule has 2 aromatic rings. The number of phenolic OH excluding ortho intramolecular Hbond substituents is 1. The van der Waals surface area contributed by atoms with Crippen LogP contribution in [0.3, 0.4) is 0 Å². The van der Waals surface area contributed by atoms with Crippen molar-refractivity contribution in [2.75, 3.05) is 4.90 Å². The van der Waals surface area contributed by atoms with Gasteiger partial charge in [0.25, 0.3) is 11.8 Å². The molecule has 7 heteroatoms. The SMILES string of the molecule is Cc1cc(Br)ccc1N1C(=O)/C(=C/c2ccccc2O)C(=O)NC1=S. The van der Waals surface area contributed by atoms with Crippen molar-refractivity contribution in [1.82, 2.24) is 5.32 Å². The first-order valence-corrected chi connectivity index (χ1v) is 8.54. The molecule has 0 radical (unpaired) electrons. The van der Waals surface area contributed by atoms with Crippen LogP contribution in [0.15, 0.2) is 52.5 Å². The molecular weight excluding hydrogens is 404 g/mol. The van der Waals surface area contributed by atoms with Crippen LogP contribution >= 0.6 is 28.1 Å². The molecular formula is C18H13BrN2O3S. The van der Waals surface area contributed by atoms with Gasteiger partial charge in [0.1, 0.15) is 11.3 Å². The number of anilines is 1.